The summed E-state index contributed by atoms with van der Waals surface area (Å²) in [6.45, 7) is 2.35. The summed E-state index contributed by atoms with van der Waals surface area (Å²) in [5.74, 6) is -1.63. The highest BCUT2D eigenvalue weighted by atomic mass is 16.5. The third-order valence-electron chi connectivity index (χ3n) is 8.00. The molecule has 0 aliphatic carbocycles. The Hall–Kier alpha value is -3.84. The molecule has 1 saturated heterocycles. The van der Waals surface area contributed by atoms with E-state index in [2.05, 4.69) is 20.5 Å². The Kier molecular flexibility index (Phi) is 2.88. The maximum Gasteiger partial charge on any atom is 0.311 e. The van der Waals surface area contributed by atoms with Crippen molar-refractivity contribution in [3.8, 4) is 0 Å². The summed E-state index contributed by atoms with van der Waals surface area (Å²) in [5, 5.41) is 17.2. The molecule has 8 rings (SSSR count). The van der Waals surface area contributed by atoms with E-state index >= 15 is 0 Å². The van der Waals surface area contributed by atoms with Crippen LogP contribution >= 0.6 is 0 Å². The van der Waals surface area contributed by atoms with Crippen LogP contribution in [0.2, 0.25) is 0 Å². The maximum absolute atomic E-state index is 13.2. The summed E-state index contributed by atoms with van der Waals surface area (Å²) >= 11 is 0. The van der Waals surface area contributed by atoms with Gasteiger partial charge < -0.3 is 24.3 Å². The average Bonchev–Trinajstić information content (AvgIpc) is 3.51. The van der Waals surface area contributed by atoms with Crippen molar-refractivity contribution in [1.82, 2.24) is 14.5 Å². The van der Waals surface area contributed by atoms with Crippen LogP contribution in [0.25, 0.3) is 43.6 Å². The molecule has 2 N–H and O–H groups in total. The van der Waals surface area contributed by atoms with Crippen LogP contribution in [0.15, 0.2) is 48.5 Å². The van der Waals surface area contributed by atoms with Gasteiger partial charge in [0.2, 0.25) is 0 Å². The first-order valence-corrected chi connectivity index (χ1v) is 11.2. The van der Waals surface area contributed by atoms with Crippen LogP contribution in [0.3, 0.4) is 0 Å². The first kappa shape index (κ1) is 17.7. The number of benzene rings is 3. The number of carboxylic acids is 1. The van der Waals surface area contributed by atoms with Gasteiger partial charge in [-0.25, -0.2) is 0 Å². The highest BCUT2D eigenvalue weighted by molar-refractivity contribution is 6.31. The Morgan fingerprint density at radius 2 is 1.76 bits per heavy atom. The van der Waals surface area contributed by atoms with Crippen molar-refractivity contribution in [2.24, 2.45) is 5.92 Å². The Labute approximate surface area is 187 Å². The van der Waals surface area contributed by atoms with E-state index in [9.17, 15) is 14.7 Å². The number of carbonyl (C=O) groups is 2. The van der Waals surface area contributed by atoms with Crippen molar-refractivity contribution in [3.05, 3.63) is 59.7 Å². The molecular formula is C26H19N3O4. The molecule has 3 aromatic carbocycles. The Morgan fingerprint density at radius 1 is 1.06 bits per heavy atom. The van der Waals surface area contributed by atoms with E-state index in [1.54, 1.807) is 0 Å². The molecule has 162 valence electrons. The predicted molar refractivity (Wildman–Crippen MR) is 123 cm³/mol. The summed E-state index contributed by atoms with van der Waals surface area (Å²) in [4.78, 5) is 25.6. The quantitative estimate of drug-likeness (QED) is 0.406. The molecule has 33 heavy (non-hydrogen) atoms. The maximum atomic E-state index is 13.2. The number of nitrogens with zero attached hydrogens (tertiary/aromatic N) is 2. The Morgan fingerprint density at radius 3 is 2.52 bits per heavy atom. The molecule has 1 fully saturated rings. The van der Waals surface area contributed by atoms with Gasteiger partial charge in [-0.1, -0.05) is 36.4 Å². The minimum absolute atomic E-state index is 0.0587. The second-order valence-electron chi connectivity index (χ2n) is 9.48. The number of ether oxygens (including phenoxy) is 1. The lowest BCUT2D eigenvalue weighted by atomic mass is 9.93. The van der Waals surface area contributed by atoms with Crippen LogP contribution in [-0.2, 0) is 21.8 Å². The zero-order valence-electron chi connectivity index (χ0n) is 17.8. The van der Waals surface area contributed by atoms with Crippen LogP contribution in [0.1, 0.15) is 35.5 Å². The lowest BCUT2D eigenvalue weighted by molar-refractivity contribution is -0.158. The van der Waals surface area contributed by atoms with Crippen LogP contribution in [0, 0.1) is 5.92 Å². The van der Waals surface area contributed by atoms with Crippen LogP contribution in [0.5, 0.6) is 0 Å². The van der Waals surface area contributed by atoms with E-state index in [0.717, 1.165) is 54.7 Å². The first-order chi connectivity index (χ1) is 16.0. The fourth-order valence-corrected chi connectivity index (χ4v) is 6.76. The number of carbonyl (C=O) groups excluding carboxylic acids is 1. The largest absolute Gasteiger partial charge is 0.481 e. The van der Waals surface area contributed by atoms with Gasteiger partial charge in [0.15, 0.2) is 5.72 Å². The molecule has 0 radical (unpaired) electrons. The lowest BCUT2D eigenvalue weighted by Gasteiger charge is -2.31. The predicted octanol–water partition coefficient (Wildman–Crippen LogP) is 4.45. The number of nitrogens with one attached hydrogen (secondary N) is 1. The second kappa shape index (κ2) is 5.38. The minimum Gasteiger partial charge on any atom is -0.481 e. The number of hydrogen-bond donors (Lipinski definition) is 2. The van der Waals surface area contributed by atoms with Crippen molar-refractivity contribution in [3.63, 3.8) is 0 Å². The molecule has 2 bridgehead atoms. The number of hydrogen-bond acceptors (Lipinski definition) is 3. The number of fused-ring (bicyclic) bond motifs is 13. The summed E-state index contributed by atoms with van der Waals surface area (Å²) in [5.41, 5.74) is 4.44. The van der Waals surface area contributed by atoms with Crippen molar-refractivity contribution >= 4 is 55.5 Å². The molecule has 3 atom stereocenters. The number of aliphatic carboxylic acids is 1. The normalized spacial score (nSPS) is 25.4. The number of rotatable bonds is 1. The Balaban J connectivity index is 1.76. The van der Waals surface area contributed by atoms with E-state index < -0.39 is 23.8 Å². The molecule has 3 aliphatic heterocycles. The number of aromatic nitrogens is 2. The smallest absolute Gasteiger partial charge is 0.311 e. The summed E-state index contributed by atoms with van der Waals surface area (Å²) < 4.78 is 10.9. The van der Waals surface area contributed by atoms with Gasteiger partial charge in [-0.2, -0.15) is 0 Å². The van der Waals surface area contributed by atoms with E-state index in [-0.39, 0.29) is 5.91 Å². The first-order valence-electron chi connectivity index (χ1n) is 11.2. The van der Waals surface area contributed by atoms with E-state index in [1.165, 1.54) is 0 Å². The molecule has 5 aromatic rings. The zero-order valence-corrected chi connectivity index (χ0v) is 17.8. The topological polar surface area (TPSA) is 85.5 Å². The van der Waals surface area contributed by atoms with E-state index in [0.29, 0.717) is 13.0 Å². The van der Waals surface area contributed by atoms with Gasteiger partial charge in [-0.3, -0.25) is 9.59 Å². The van der Waals surface area contributed by atoms with Crippen molar-refractivity contribution in [1.29, 1.82) is 0 Å². The monoisotopic (exact) mass is 437 g/mol. The summed E-state index contributed by atoms with van der Waals surface area (Å²) in [6, 6.07) is 16.1. The highest BCUT2D eigenvalue weighted by Gasteiger charge is 2.55. The number of amides is 1. The summed E-state index contributed by atoms with van der Waals surface area (Å²) in [6.07, 6.45) is -0.0843. The molecule has 0 spiro atoms. The summed E-state index contributed by atoms with van der Waals surface area (Å²) in [7, 11) is 0. The molecule has 1 amide bonds. The highest BCUT2D eigenvalue weighted by Crippen LogP contribution is 2.56. The fraction of sp³-hybridized carbons (Fsp3) is 0.231. The molecule has 3 aliphatic rings. The third-order valence-corrected chi connectivity index (χ3v) is 8.00. The molecular weight excluding hydrogens is 418 g/mol. The number of para-hydroxylation sites is 2. The standard InChI is InChI=1S/C26H19N3O4/c1-26-15(25(31)32)10-18(33-26)28-16-8-4-2-6-12(16)20-21-14(11-27-24(21)30)19-13-7-3-5-9-17(13)29(26)23(19)22(20)28/h2-9,15,18H,10-11H2,1H3,(H,27,30)(H,31,32)/t15-,18?,26+/m1/s1. The molecule has 5 heterocycles. The lowest BCUT2D eigenvalue weighted by Crippen LogP contribution is -2.39. The molecule has 7 nitrogen and oxygen atoms in total. The van der Waals surface area contributed by atoms with Crippen LogP contribution in [-0.4, -0.2) is 26.1 Å². The van der Waals surface area contributed by atoms with Gasteiger partial charge >= 0.3 is 5.97 Å². The van der Waals surface area contributed by atoms with E-state index in [4.69, 9.17) is 4.74 Å². The van der Waals surface area contributed by atoms with Crippen LogP contribution < -0.4 is 5.32 Å². The van der Waals surface area contributed by atoms with Gasteiger partial charge in [0.05, 0.1) is 27.6 Å². The fourth-order valence-electron chi connectivity index (χ4n) is 6.76. The SMILES string of the molecule is C[C@]12OC(C[C@@H]1C(=O)O)n1c3ccccc3c3c4c(c5c6ccccc6n2c5c31)CNC4=O. The van der Waals surface area contributed by atoms with E-state index in [1.807, 2.05) is 49.4 Å². The molecule has 2 aromatic heterocycles. The third kappa shape index (κ3) is 1.78. The van der Waals surface area contributed by atoms with Crippen molar-refractivity contribution in [2.45, 2.75) is 31.8 Å². The minimum atomic E-state index is -1.06. The number of carboxylic acid groups (broad SMARTS) is 1. The van der Waals surface area contributed by atoms with Gasteiger partial charge in [-0.05, 0) is 24.6 Å². The van der Waals surface area contributed by atoms with Gasteiger partial charge in [-0.15, -0.1) is 0 Å². The van der Waals surface area contributed by atoms with Gasteiger partial charge in [0, 0.05) is 34.5 Å². The molecule has 1 unspecified atom stereocenters. The Bertz CT molecular complexity index is 1760. The average molecular weight is 437 g/mol. The molecule has 0 saturated carbocycles. The van der Waals surface area contributed by atoms with Crippen molar-refractivity contribution in [2.75, 3.05) is 0 Å². The molecule has 7 heteroatoms. The second-order valence-corrected chi connectivity index (χ2v) is 9.48. The van der Waals surface area contributed by atoms with Crippen LogP contribution in [0.4, 0.5) is 0 Å². The van der Waals surface area contributed by atoms with Gasteiger partial charge in [0.25, 0.3) is 5.91 Å². The van der Waals surface area contributed by atoms with Gasteiger partial charge in [0.1, 0.15) is 12.1 Å². The zero-order chi connectivity index (χ0) is 22.2. The van der Waals surface area contributed by atoms with Crippen molar-refractivity contribution < 1.29 is 19.4 Å².